The van der Waals surface area contributed by atoms with Gasteiger partial charge in [0.2, 0.25) is 0 Å². The van der Waals surface area contributed by atoms with E-state index in [1.807, 2.05) is 24.3 Å². The number of nitrogens with zero attached hydrogens (tertiary/aromatic N) is 1. The van der Waals surface area contributed by atoms with Gasteiger partial charge in [0.15, 0.2) is 0 Å². The van der Waals surface area contributed by atoms with E-state index in [0.29, 0.717) is 6.54 Å². The van der Waals surface area contributed by atoms with Crippen LogP contribution in [0.2, 0.25) is 0 Å². The van der Waals surface area contributed by atoms with Crippen molar-refractivity contribution in [3.05, 3.63) is 65.2 Å². The van der Waals surface area contributed by atoms with Gasteiger partial charge < -0.3 is 10.2 Å². The first-order valence-corrected chi connectivity index (χ1v) is 9.47. The maximum atomic E-state index is 12.1. The summed E-state index contributed by atoms with van der Waals surface area (Å²) in [6, 6.07) is 16.8. The van der Waals surface area contributed by atoms with E-state index in [4.69, 9.17) is 0 Å². The Morgan fingerprint density at radius 2 is 1.60 bits per heavy atom. The van der Waals surface area contributed by atoms with Gasteiger partial charge in [-0.25, -0.2) is 0 Å². The molecule has 132 valence electrons. The number of rotatable bonds is 7. The van der Waals surface area contributed by atoms with Gasteiger partial charge in [-0.1, -0.05) is 31.2 Å². The van der Waals surface area contributed by atoms with Crippen LogP contribution in [0.25, 0.3) is 0 Å². The zero-order chi connectivity index (χ0) is 17.5. The van der Waals surface area contributed by atoms with Crippen LogP contribution in [-0.4, -0.2) is 25.5 Å². The van der Waals surface area contributed by atoms with Gasteiger partial charge in [-0.3, -0.25) is 4.79 Å². The third kappa shape index (κ3) is 4.85. The molecule has 3 heteroatoms. The van der Waals surface area contributed by atoms with Crippen LogP contribution in [0.5, 0.6) is 0 Å². The fourth-order valence-corrected chi connectivity index (χ4v) is 3.34. The summed E-state index contributed by atoms with van der Waals surface area (Å²) in [6.45, 7) is 5.20. The molecule has 0 bridgehead atoms. The summed E-state index contributed by atoms with van der Waals surface area (Å²) < 4.78 is 0. The number of nitrogens with one attached hydrogen (secondary N) is 1. The number of benzene rings is 2. The van der Waals surface area contributed by atoms with Gasteiger partial charge in [0.25, 0.3) is 5.91 Å². The molecule has 0 radical (unpaired) electrons. The van der Waals surface area contributed by atoms with Crippen molar-refractivity contribution >= 4 is 11.6 Å². The van der Waals surface area contributed by atoms with Crippen molar-refractivity contribution < 1.29 is 4.79 Å². The summed E-state index contributed by atoms with van der Waals surface area (Å²) in [5.74, 6) is 0.0204. The number of amides is 1. The first kappa shape index (κ1) is 17.5. The number of aryl methyl sites for hydroxylation is 2. The fourth-order valence-electron chi connectivity index (χ4n) is 3.34. The lowest BCUT2D eigenvalue weighted by molar-refractivity contribution is 0.0953. The molecule has 1 N–H and O–H groups in total. The van der Waals surface area contributed by atoms with Gasteiger partial charge in [-0.15, -0.1) is 0 Å². The highest BCUT2D eigenvalue weighted by atomic mass is 16.1. The Labute approximate surface area is 151 Å². The number of carbonyl (C=O) groups is 1. The monoisotopic (exact) mass is 336 g/mol. The van der Waals surface area contributed by atoms with Gasteiger partial charge in [-0.05, 0) is 67.5 Å². The van der Waals surface area contributed by atoms with Crippen LogP contribution < -0.4 is 10.2 Å². The van der Waals surface area contributed by atoms with Gasteiger partial charge >= 0.3 is 0 Å². The lowest BCUT2D eigenvalue weighted by Gasteiger charge is -2.17. The molecule has 3 nitrogen and oxygen atoms in total. The van der Waals surface area contributed by atoms with Crippen LogP contribution in [-0.2, 0) is 12.8 Å². The van der Waals surface area contributed by atoms with E-state index in [2.05, 4.69) is 41.4 Å². The van der Waals surface area contributed by atoms with E-state index in [-0.39, 0.29) is 5.91 Å². The van der Waals surface area contributed by atoms with Crippen molar-refractivity contribution in [3.8, 4) is 0 Å². The lowest BCUT2D eigenvalue weighted by Crippen LogP contribution is -2.24. The van der Waals surface area contributed by atoms with Gasteiger partial charge in [0, 0.05) is 30.9 Å². The molecule has 0 saturated carbocycles. The smallest absolute Gasteiger partial charge is 0.251 e. The van der Waals surface area contributed by atoms with Crippen molar-refractivity contribution in [2.24, 2.45) is 0 Å². The maximum absolute atomic E-state index is 12.1. The van der Waals surface area contributed by atoms with Gasteiger partial charge in [-0.2, -0.15) is 0 Å². The molecule has 0 aromatic heterocycles. The van der Waals surface area contributed by atoms with Crippen LogP contribution in [0, 0.1) is 0 Å². The molecule has 2 aromatic carbocycles. The average molecular weight is 336 g/mol. The second-order valence-corrected chi connectivity index (χ2v) is 6.77. The highest BCUT2D eigenvalue weighted by Crippen LogP contribution is 2.20. The fraction of sp³-hybridized carbons (Fsp3) is 0.409. The summed E-state index contributed by atoms with van der Waals surface area (Å²) in [5, 5.41) is 3.02. The van der Waals surface area contributed by atoms with Gasteiger partial charge in [0.05, 0.1) is 0 Å². The minimum atomic E-state index is 0.0204. The number of carbonyl (C=O) groups excluding carboxylic acids is 1. The molecule has 3 rings (SSSR count). The average Bonchev–Trinajstić information content (AvgIpc) is 3.20. The molecule has 2 aromatic rings. The number of hydrogen-bond acceptors (Lipinski definition) is 2. The highest BCUT2D eigenvalue weighted by molar-refractivity contribution is 5.94. The van der Waals surface area contributed by atoms with Crippen molar-refractivity contribution in [2.45, 2.75) is 39.0 Å². The van der Waals surface area contributed by atoms with Crippen molar-refractivity contribution in [2.75, 3.05) is 24.5 Å². The highest BCUT2D eigenvalue weighted by Gasteiger charge is 2.11. The van der Waals surface area contributed by atoms with E-state index in [1.54, 1.807) is 0 Å². The molecule has 1 fully saturated rings. The van der Waals surface area contributed by atoms with Crippen LogP contribution in [0.4, 0.5) is 5.69 Å². The molecular formula is C22H28N2O. The molecule has 1 saturated heterocycles. The van der Waals surface area contributed by atoms with Crippen LogP contribution in [0.3, 0.4) is 0 Å². The first-order valence-electron chi connectivity index (χ1n) is 9.47. The Morgan fingerprint density at radius 1 is 0.960 bits per heavy atom. The predicted octanol–water partition coefficient (Wildman–Crippen LogP) is 4.21. The zero-order valence-corrected chi connectivity index (χ0v) is 15.1. The Morgan fingerprint density at radius 3 is 2.24 bits per heavy atom. The molecule has 1 aliphatic rings. The minimum Gasteiger partial charge on any atom is -0.372 e. The minimum absolute atomic E-state index is 0.0204. The second-order valence-electron chi connectivity index (χ2n) is 6.77. The topological polar surface area (TPSA) is 32.3 Å². The van der Waals surface area contributed by atoms with Crippen molar-refractivity contribution in [1.82, 2.24) is 5.32 Å². The molecule has 1 amide bonds. The quantitative estimate of drug-likeness (QED) is 0.768. The summed E-state index contributed by atoms with van der Waals surface area (Å²) >= 11 is 0. The molecule has 0 unspecified atom stereocenters. The standard InChI is InChI=1S/C22H28N2O/c1-2-18-7-11-20(12-8-18)22(25)23-15-5-6-19-9-13-21(14-10-19)24-16-3-4-17-24/h7-14H,2-6,15-17H2,1H3,(H,23,25). The summed E-state index contributed by atoms with van der Waals surface area (Å²) in [6.07, 6.45) is 5.57. The molecule has 0 spiro atoms. The number of anilines is 1. The first-order chi connectivity index (χ1) is 12.3. The van der Waals surface area contributed by atoms with E-state index in [0.717, 1.165) is 24.8 Å². The number of hydrogen-bond donors (Lipinski definition) is 1. The zero-order valence-electron chi connectivity index (χ0n) is 15.1. The third-order valence-corrected chi connectivity index (χ3v) is 4.96. The molecule has 0 atom stereocenters. The summed E-state index contributed by atoms with van der Waals surface area (Å²) in [7, 11) is 0. The van der Waals surface area contributed by atoms with E-state index in [1.165, 1.54) is 42.7 Å². The maximum Gasteiger partial charge on any atom is 0.251 e. The Kier molecular flexibility index (Phi) is 6.10. The van der Waals surface area contributed by atoms with E-state index in [9.17, 15) is 4.79 Å². The largest absolute Gasteiger partial charge is 0.372 e. The van der Waals surface area contributed by atoms with E-state index < -0.39 is 0 Å². The Balaban J connectivity index is 1.40. The molecular weight excluding hydrogens is 308 g/mol. The normalized spacial score (nSPS) is 13.9. The lowest BCUT2D eigenvalue weighted by atomic mass is 10.1. The third-order valence-electron chi connectivity index (χ3n) is 4.96. The Hall–Kier alpha value is -2.29. The van der Waals surface area contributed by atoms with Gasteiger partial charge in [0.1, 0.15) is 0 Å². The van der Waals surface area contributed by atoms with Crippen molar-refractivity contribution in [3.63, 3.8) is 0 Å². The molecule has 1 aliphatic heterocycles. The van der Waals surface area contributed by atoms with Crippen LogP contribution in [0.1, 0.15) is 47.7 Å². The predicted molar refractivity (Wildman–Crippen MR) is 104 cm³/mol. The van der Waals surface area contributed by atoms with Crippen LogP contribution >= 0.6 is 0 Å². The summed E-state index contributed by atoms with van der Waals surface area (Å²) in [5.41, 5.74) is 4.68. The van der Waals surface area contributed by atoms with E-state index >= 15 is 0 Å². The second kappa shape index (κ2) is 8.70. The SMILES string of the molecule is CCc1ccc(C(=O)NCCCc2ccc(N3CCCC3)cc2)cc1. The Bertz CT molecular complexity index is 670. The molecule has 1 heterocycles. The van der Waals surface area contributed by atoms with Crippen LogP contribution in [0.15, 0.2) is 48.5 Å². The molecule has 25 heavy (non-hydrogen) atoms. The molecule has 0 aliphatic carbocycles. The summed E-state index contributed by atoms with van der Waals surface area (Å²) in [4.78, 5) is 14.6. The van der Waals surface area contributed by atoms with Crippen molar-refractivity contribution in [1.29, 1.82) is 0 Å².